The van der Waals surface area contributed by atoms with Gasteiger partial charge in [0.2, 0.25) is 0 Å². The summed E-state index contributed by atoms with van der Waals surface area (Å²) in [6.07, 6.45) is 5.53. The second kappa shape index (κ2) is 8.77. The van der Waals surface area contributed by atoms with Crippen molar-refractivity contribution in [2.24, 2.45) is 0 Å². The van der Waals surface area contributed by atoms with Crippen LogP contribution in [-0.4, -0.2) is 52.7 Å². The first-order chi connectivity index (χ1) is 13.1. The van der Waals surface area contributed by atoms with Gasteiger partial charge in [-0.25, -0.2) is 4.98 Å². The number of pyridine rings is 1. The van der Waals surface area contributed by atoms with Crippen molar-refractivity contribution in [3.63, 3.8) is 0 Å². The first-order valence-corrected chi connectivity index (χ1v) is 9.19. The van der Waals surface area contributed by atoms with Crippen LogP contribution in [0.25, 0.3) is 0 Å². The molecule has 3 rings (SSSR count). The van der Waals surface area contributed by atoms with Crippen molar-refractivity contribution in [3.05, 3.63) is 47.3 Å². The number of nitrogens with one attached hydrogen (secondary N) is 2. The third-order valence-corrected chi connectivity index (χ3v) is 4.67. The monoisotopic (exact) mass is 371 g/mol. The molecule has 144 valence electrons. The van der Waals surface area contributed by atoms with E-state index in [4.69, 9.17) is 4.74 Å². The maximum atomic E-state index is 12.5. The number of carbonyl (C=O) groups is 2. The summed E-state index contributed by atoms with van der Waals surface area (Å²) in [4.78, 5) is 33.4. The Hall–Kier alpha value is -2.74. The van der Waals surface area contributed by atoms with Crippen LogP contribution in [0.15, 0.2) is 24.5 Å². The number of nitrogens with zero attached hydrogens (tertiary/aromatic N) is 3. The maximum Gasteiger partial charge on any atom is 0.269 e. The van der Waals surface area contributed by atoms with E-state index in [1.165, 1.54) is 0 Å². The summed E-state index contributed by atoms with van der Waals surface area (Å²) in [5, 5.41) is 5.85. The van der Waals surface area contributed by atoms with Crippen molar-refractivity contribution in [3.8, 4) is 0 Å². The van der Waals surface area contributed by atoms with Crippen LogP contribution in [0.1, 0.15) is 45.7 Å². The van der Waals surface area contributed by atoms with Gasteiger partial charge >= 0.3 is 0 Å². The molecule has 0 aromatic carbocycles. The van der Waals surface area contributed by atoms with Crippen molar-refractivity contribution in [2.45, 2.75) is 38.8 Å². The number of imidazole rings is 1. The number of hydrogen-bond donors (Lipinski definition) is 2. The molecule has 2 amide bonds. The predicted molar refractivity (Wildman–Crippen MR) is 99.6 cm³/mol. The highest BCUT2D eigenvalue weighted by Crippen LogP contribution is 2.17. The SMILES string of the molecule is CCc1ccc(C(=O)NC2CCc3ncc(C(=O)NCCOC)n3C2)cn1. The van der Waals surface area contributed by atoms with Gasteiger partial charge in [0.15, 0.2) is 0 Å². The summed E-state index contributed by atoms with van der Waals surface area (Å²) >= 11 is 0. The quantitative estimate of drug-likeness (QED) is 0.707. The lowest BCUT2D eigenvalue weighted by atomic mass is 10.1. The van der Waals surface area contributed by atoms with Gasteiger partial charge in [-0.1, -0.05) is 6.92 Å². The van der Waals surface area contributed by atoms with Crippen molar-refractivity contribution in [1.29, 1.82) is 0 Å². The molecule has 0 radical (unpaired) electrons. The van der Waals surface area contributed by atoms with Crippen LogP contribution in [0.2, 0.25) is 0 Å². The lowest BCUT2D eigenvalue weighted by Crippen LogP contribution is -2.42. The Balaban J connectivity index is 1.64. The zero-order valence-electron chi connectivity index (χ0n) is 15.7. The molecule has 8 nitrogen and oxygen atoms in total. The molecular weight excluding hydrogens is 346 g/mol. The van der Waals surface area contributed by atoms with E-state index in [9.17, 15) is 9.59 Å². The molecule has 3 heterocycles. The van der Waals surface area contributed by atoms with Crippen molar-refractivity contribution in [2.75, 3.05) is 20.3 Å². The van der Waals surface area contributed by atoms with E-state index < -0.39 is 0 Å². The van der Waals surface area contributed by atoms with Crippen LogP contribution < -0.4 is 10.6 Å². The number of ether oxygens (including phenoxy) is 1. The lowest BCUT2D eigenvalue weighted by molar-refractivity contribution is 0.0921. The minimum Gasteiger partial charge on any atom is -0.383 e. The Morgan fingerprint density at radius 3 is 2.81 bits per heavy atom. The van der Waals surface area contributed by atoms with Gasteiger partial charge in [-0.05, 0) is 25.0 Å². The van der Waals surface area contributed by atoms with E-state index in [-0.39, 0.29) is 17.9 Å². The van der Waals surface area contributed by atoms with Crippen LogP contribution >= 0.6 is 0 Å². The molecule has 2 aromatic heterocycles. The fraction of sp³-hybridized carbons (Fsp3) is 0.474. The fourth-order valence-corrected chi connectivity index (χ4v) is 3.13. The van der Waals surface area contributed by atoms with Gasteiger partial charge in [-0.3, -0.25) is 14.6 Å². The average Bonchev–Trinajstić information content (AvgIpc) is 3.11. The molecule has 0 fully saturated rings. The highest BCUT2D eigenvalue weighted by molar-refractivity contribution is 5.94. The smallest absolute Gasteiger partial charge is 0.269 e. The molecule has 8 heteroatoms. The molecule has 0 saturated carbocycles. The summed E-state index contributed by atoms with van der Waals surface area (Å²) < 4.78 is 6.83. The second-order valence-electron chi connectivity index (χ2n) is 6.52. The summed E-state index contributed by atoms with van der Waals surface area (Å²) in [5.74, 6) is 0.535. The van der Waals surface area contributed by atoms with Gasteiger partial charge in [0.05, 0.1) is 18.4 Å². The predicted octanol–water partition coefficient (Wildman–Crippen LogP) is 0.961. The Labute approximate surface area is 158 Å². The van der Waals surface area contributed by atoms with Gasteiger partial charge < -0.3 is 19.9 Å². The number of amides is 2. The summed E-state index contributed by atoms with van der Waals surface area (Å²) in [5.41, 5.74) is 2.01. The number of fused-ring (bicyclic) bond motifs is 1. The number of rotatable bonds is 7. The Morgan fingerprint density at radius 1 is 1.26 bits per heavy atom. The zero-order valence-corrected chi connectivity index (χ0v) is 15.7. The van der Waals surface area contributed by atoms with Crippen molar-refractivity contribution < 1.29 is 14.3 Å². The minimum atomic E-state index is -0.183. The van der Waals surface area contributed by atoms with Gasteiger partial charge in [-0.2, -0.15) is 0 Å². The summed E-state index contributed by atoms with van der Waals surface area (Å²) in [6.45, 7) is 3.44. The highest BCUT2D eigenvalue weighted by atomic mass is 16.5. The van der Waals surface area contributed by atoms with E-state index >= 15 is 0 Å². The topological polar surface area (TPSA) is 98.1 Å². The molecule has 0 bridgehead atoms. The van der Waals surface area contributed by atoms with Crippen molar-refractivity contribution >= 4 is 11.8 Å². The van der Waals surface area contributed by atoms with Gasteiger partial charge in [0, 0.05) is 44.6 Å². The largest absolute Gasteiger partial charge is 0.383 e. The lowest BCUT2D eigenvalue weighted by Gasteiger charge is -2.26. The number of carbonyl (C=O) groups excluding carboxylic acids is 2. The van der Waals surface area contributed by atoms with Crippen LogP contribution in [-0.2, 0) is 24.1 Å². The van der Waals surface area contributed by atoms with E-state index in [1.807, 2.05) is 17.6 Å². The van der Waals surface area contributed by atoms with Gasteiger partial charge in [0.1, 0.15) is 11.5 Å². The van der Waals surface area contributed by atoms with Crippen LogP contribution in [0.5, 0.6) is 0 Å². The molecule has 1 atom stereocenters. The molecule has 27 heavy (non-hydrogen) atoms. The Kier molecular flexibility index (Phi) is 6.18. The molecular formula is C19H25N5O3. The summed E-state index contributed by atoms with van der Waals surface area (Å²) in [7, 11) is 1.59. The first-order valence-electron chi connectivity index (χ1n) is 9.19. The van der Waals surface area contributed by atoms with Gasteiger partial charge in [-0.15, -0.1) is 0 Å². The average molecular weight is 371 g/mol. The number of aromatic nitrogens is 3. The normalized spacial score (nSPS) is 15.9. The molecule has 2 aromatic rings. The number of aryl methyl sites for hydroxylation is 2. The Morgan fingerprint density at radius 2 is 2.11 bits per heavy atom. The van der Waals surface area contributed by atoms with Crippen molar-refractivity contribution in [1.82, 2.24) is 25.2 Å². The number of methoxy groups -OCH3 is 1. The standard InChI is InChI=1S/C19H25N5O3/c1-3-14-5-4-13(10-21-14)18(25)23-15-6-7-17-22-11-16(24(17)12-15)19(26)20-8-9-27-2/h4-5,10-11,15H,3,6-9,12H2,1-2H3,(H,20,26)(H,23,25). The van der Waals surface area contributed by atoms with Crippen LogP contribution in [0.4, 0.5) is 0 Å². The molecule has 0 spiro atoms. The van der Waals surface area contributed by atoms with Crippen LogP contribution in [0.3, 0.4) is 0 Å². The summed E-state index contributed by atoms with van der Waals surface area (Å²) in [6, 6.07) is 3.60. The molecule has 2 N–H and O–H groups in total. The minimum absolute atomic E-state index is 0.0597. The first kappa shape index (κ1) is 19.0. The fourth-order valence-electron chi connectivity index (χ4n) is 3.13. The highest BCUT2D eigenvalue weighted by Gasteiger charge is 2.25. The van der Waals surface area contributed by atoms with E-state index in [0.29, 0.717) is 37.4 Å². The third-order valence-electron chi connectivity index (χ3n) is 4.67. The Bertz CT molecular complexity index is 800. The number of hydrogen-bond acceptors (Lipinski definition) is 5. The maximum absolute atomic E-state index is 12.5. The zero-order chi connectivity index (χ0) is 19.2. The van der Waals surface area contributed by atoms with Gasteiger partial charge in [0.25, 0.3) is 11.8 Å². The van der Waals surface area contributed by atoms with E-state index in [1.54, 1.807) is 25.6 Å². The molecule has 1 aliphatic rings. The van der Waals surface area contributed by atoms with E-state index in [2.05, 4.69) is 20.6 Å². The molecule has 1 unspecified atom stereocenters. The molecule has 0 saturated heterocycles. The second-order valence-corrected chi connectivity index (χ2v) is 6.52. The molecule has 1 aliphatic heterocycles. The van der Waals surface area contributed by atoms with E-state index in [0.717, 1.165) is 24.4 Å². The molecule has 0 aliphatic carbocycles. The van der Waals surface area contributed by atoms with Crippen LogP contribution in [0, 0.1) is 0 Å². The third kappa shape index (κ3) is 4.51.